The van der Waals surface area contributed by atoms with Crippen molar-refractivity contribution in [3.63, 3.8) is 0 Å². The normalized spacial score (nSPS) is 11.0. The van der Waals surface area contributed by atoms with Gasteiger partial charge in [-0.3, -0.25) is 19.9 Å². The second-order valence-electron chi connectivity index (χ2n) is 7.41. The fraction of sp³-hybridized carbons (Fsp3) is 0.217. The first-order chi connectivity index (χ1) is 16.3. The van der Waals surface area contributed by atoms with Crippen molar-refractivity contribution in [2.24, 2.45) is 0 Å². The Morgan fingerprint density at radius 2 is 2.03 bits per heavy atom. The highest BCUT2D eigenvalue weighted by Gasteiger charge is 2.18. The van der Waals surface area contributed by atoms with Crippen LogP contribution in [0.3, 0.4) is 0 Å². The number of methoxy groups -OCH3 is 2. The molecule has 1 amide bonds. The van der Waals surface area contributed by atoms with E-state index in [0.717, 1.165) is 11.3 Å². The zero-order valence-corrected chi connectivity index (χ0v) is 20.6. The molecule has 0 aliphatic carbocycles. The molecule has 9 nitrogen and oxygen atoms in total. The molecule has 4 rings (SSSR count). The van der Waals surface area contributed by atoms with Crippen molar-refractivity contribution in [3.05, 3.63) is 58.2 Å². The summed E-state index contributed by atoms with van der Waals surface area (Å²) in [4.78, 5) is 17.5. The maximum Gasteiger partial charge on any atom is 0.234 e. The second-order valence-corrected chi connectivity index (χ2v) is 8.76. The van der Waals surface area contributed by atoms with Gasteiger partial charge in [0.25, 0.3) is 0 Å². The SMILES string of the molecule is COc1ccc(OC)c(NC(=O)CSc2nc3n[nH]c(C)c3c(=N)n2-c2cccc(Cl)c2C)c1. The van der Waals surface area contributed by atoms with Crippen LogP contribution < -0.4 is 20.3 Å². The Kier molecular flexibility index (Phi) is 6.80. The first-order valence-electron chi connectivity index (χ1n) is 10.3. The van der Waals surface area contributed by atoms with Crippen LogP contribution in [0.1, 0.15) is 11.3 Å². The molecule has 0 saturated carbocycles. The number of aromatic nitrogens is 4. The number of fused-ring (bicyclic) bond motifs is 1. The van der Waals surface area contributed by atoms with E-state index in [-0.39, 0.29) is 17.1 Å². The van der Waals surface area contributed by atoms with Gasteiger partial charge in [0, 0.05) is 16.8 Å². The van der Waals surface area contributed by atoms with Crippen LogP contribution in [-0.2, 0) is 4.79 Å². The quantitative estimate of drug-likeness (QED) is 0.259. The molecule has 0 bridgehead atoms. The minimum atomic E-state index is -0.266. The number of benzene rings is 2. The summed E-state index contributed by atoms with van der Waals surface area (Å²) in [6, 6.07) is 10.6. The molecule has 0 spiro atoms. The zero-order chi connectivity index (χ0) is 24.4. The van der Waals surface area contributed by atoms with Crippen molar-refractivity contribution >= 4 is 46.0 Å². The van der Waals surface area contributed by atoms with Crippen LogP contribution in [0.4, 0.5) is 5.69 Å². The Labute approximate surface area is 205 Å². The summed E-state index contributed by atoms with van der Waals surface area (Å²) in [5, 5.41) is 20.5. The number of hydrogen-bond donors (Lipinski definition) is 3. The summed E-state index contributed by atoms with van der Waals surface area (Å²) >= 11 is 7.56. The largest absolute Gasteiger partial charge is 0.497 e. The third kappa shape index (κ3) is 4.46. The summed E-state index contributed by atoms with van der Waals surface area (Å²) < 4.78 is 12.3. The molecule has 4 aromatic rings. The third-order valence-corrected chi connectivity index (χ3v) is 6.62. The van der Waals surface area contributed by atoms with Crippen molar-refractivity contribution in [3.8, 4) is 17.2 Å². The van der Waals surface area contributed by atoms with Crippen LogP contribution >= 0.6 is 23.4 Å². The Hall–Kier alpha value is -3.50. The lowest BCUT2D eigenvalue weighted by atomic mass is 10.2. The van der Waals surface area contributed by atoms with E-state index in [1.807, 2.05) is 26.0 Å². The molecule has 0 aliphatic heterocycles. The number of H-pyrrole nitrogens is 1. The molecular formula is C23H23ClN6O3S. The maximum absolute atomic E-state index is 12.8. The number of nitrogens with zero attached hydrogens (tertiary/aromatic N) is 3. The van der Waals surface area contributed by atoms with Gasteiger partial charge in [-0.25, -0.2) is 4.98 Å². The molecule has 0 unspecified atom stereocenters. The topological polar surface area (TPSA) is 118 Å². The Morgan fingerprint density at radius 3 is 2.76 bits per heavy atom. The molecule has 2 aromatic heterocycles. The molecule has 11 heteroatoms. The van der Waals surface area contributed by atoms with Crippen LogP contribution in [0.5, 0.6) is 11.5 Å². The van der Waals surface area contributed by atoms with Gasteiger partial charge in [0.2, 0.25) is 5.91 Å². The lowest BCUT2D eigenvalue weighted by Crippen LogP contribution is -2.24. The third-order valence-electron chi connectivity index (χ3n) is 5.27. The summed E-state index contributed by atoms with van der Waals surface area (Å²) in [5.41, 5.74) is 3.37. The van der Waals surface area contributed by atoms with Gasteiger partial charge < -0.3 is 14.8 Å². The smallest absolute Gasteiger partial charge is 0.234 e. The Morgan fingerprint density at radius 1 is 1.24 bits per heavy atom. The van der Waals surface area contributed by atoms with Gasteiger partial charge in [-0.2, -0.15) is 5.10 Å². The van der Waals surface area contributed by atoms with Crippen LogP contribution in [0.2, 0.25) is 5.02 Å². The van der Waals surface area contributed by atoms with Gasteiger partial charge in [-0.15, -0.1) is 0 Å². The van der Waals surface area contributed by atoms with E-state index in [1.165, 1.54) is 18.9 Å². The number of rotatable bonds is 7. The number of anilines is 1. The molecule has 0 fully saturated rings. The molecule has 0 saturated heterocycles. The van der Waals surface area contributed by atoms with Crippen LogP contribution in [0.25, 0.3) is 16.7 Å². The highest BCUT2D eigenvalue weighted by atomic mass is 35.5. The number of ether oxygens (including phenoxy) is 2. The van der Waals surface area contributed by atoms with Gasteiger partial charge >= 0.3 is 0 Å². The van der Waals surface area contributed by atoms with Crippen molar-refractivity contribution < 1.29 is 14.3 Å². The van der Waals surface area contributed by atoms with E-state index < -0.39 is 0 Å². The molecule has 0 radical (unpaired) electrons. The van der Waals surface area contributed by atoms with E-state index >= 15 is 0 Å². The second kappa shape index (κ2) is 9.78. The van der Waals surface area contributed by atoms with E-state index in [2.05, 4.69) is 20.5 Å². The zero-order valence-electron chi connectivity index (χ0n) is 19.0. The Bertz CT molecular complexity index is 1450. The minimum Gasteiger partial charge on any atom is -0.497 e. The number of nitrogens with one attached hydrogen (secondary N) is 3. The van der Waals surface area contributed by atoms with Crippen LogP contribution in [-0.4, -0.2) is 45.6 Å². The van der Waals surface area contributed by atoms with Gasteiger partial charge in [0.1, 0.15) is 17.0 Å². The number of hydrogen-bond acceptors (Lipinski definition) is 7. The monoisotopic (exact) mass is 498 g/mol. The van der Waals surface area contributed by atoms with Crippen molar-refractivity contribution in [1.29, 1.82) is 5.41 Å². The first kappa shape index (κ1) is 23.7. The fourth-order valence-corrected chi connectivity index (χ4v) is 4.49. The predicted molar refractivity (Wildman–Crippen MR) is 132 cm³/mol. The molecule has 2 heterocycles. The van der Waals surface area contributed by atoms with Gasteiger partial charge in [0.05, 0.1) is 36.7 Å². The summed E-state index contributed by atoms with van der Waals surface area (Å²) in [6.45, 7) is 3.72. The highest BCUT2D eigenvalue weighted by Crippen LogP contribution is 2.30. The van der Waals surface area contributed by atoms with E-state index in [1.54, 1.807) is 35.9 Å². The molecular weight excluding hydrogens is 476 g/mol. The number of carbonyl (C=O) groups excluding carboxylic acids is 1. The molecule has 176 valence electrons. The number of amides is 1. The summed E-state index contributed by atoms with van der Waals surface area (Å²) in [5.74, 6) is 0.889. The van der Waals surface area contributed by atoms with Gasteiger partial charge in [0.15, 0.2) is 10.8 Å². The fourth-order valence-electron chi connectivity index (χ4n) is 3.52. The highest BCUT2D eigenvalue weighted by molar-refractivity contribution is 7.99. The first-order valence-corrected chi connectivity index (χ1v) is 11.6. The molecule has 0 atom stereocenters. The standard InChI is InChI=1S/C23H23ClN6O3S/c1-12-15(24)6-5-7-17(12)30-21(25)20-13(2)28-29-22(20)27-23(30)34-11-19(31)26-16-10-14(32-3)8-9-18(16)33-4/h5-10,25H,11H2,1-4H3,(H,26,31)(H,28,29). The number of thioether (sulfide) groups is 1. The lowest BCUT2D eigenvalue weighted by Gasteiger charge is -2.16. The van der Waals surface area contributed by atoms with E-state index in [0.29, 0.717) is 44.1 Å². The maximum atomic E-state index is 12.8. The van der Waals surface area contributed by atoms with Crippen LogP contribution in [0.15, 0.2) is 41.6 Å². The van der Waals surface area contributed by atoms with E-state index in [9.17, 15) is 4.79 Å². The summed E-state index contributed by atoms with van der Waals surface area (Å²) in [7, 11) is 3.08. The number of aromatic amines is 1. The summed E-state index contributed by atoms with van der Waals surface area (Å²) in [6.07, 6.45) is 0. The van der Waals surface area contributed by atoms with Crippen molar-refractivity contribution in [2.75, 3.05) is 25.3 Å². The van der Waals surface area contributed by atoms with Crippen LogP contribution in [0, 0.1) is 19.3 Å². The van der Waals surface area contributed by atoms with Crippen molar-refractivity contribution in [1.82, 2.24) is 19.7 Å². The Balaban J connectivity index is 1.69. The van der Waals surface area contributed by atoms with Gasteiger partial charge in [-0.1, -0.05) is 29.4 Å². The number of carbonyl (C=O) groups is 1. The molecule has 2 aromatic carbocycles. The molecule has 3 N–H and O–H groups in total. The predicted octanol–water partition coefficient (Wildman–Crippen LogP) is 4.25. The van der Waals surface area contributed by atoms with E-state index in [4.69, 9.17) is 26.5 Å². The number of aryl methyl sites for hydroxylation is 1. The minimum absolute atomic E-state index is 0.0430. The average molecular weight is 499 g/mol. The number of halogens is 1. The lowest BCUT2D eigenvalue weighted by molar-refractivity contribution is -0.113. The molecule has 34 heavy (non-hydrogen) atoms. The van der Waals surface area contributed by atoms with Gasteiger partial charge in [-0.05, 0) is 43.7 Å². The average Bonchev–Trinajstić information content (AvgIpc) is 3.20. The molecule has 0 aliphatic rings. The van der Waals surface area contributed by atoms with Crippen molar-refractivity contribution in [2.45, 2.75) is 19.0 Å².